The number of nitrogens with one attached hydrogen (secondary N) is 1. The highest BCUT2D eigenvalue weighted by molar-refractivity contribution is 7.92. The van der Waals surface area contributed by atoms with Crippen LogP contribution in [0.3, 0.4) is 0 Å². The summed E-state index contributed by atoms with van der Waals surface area (Å²) in [6.45, 7) is 0. The molecule has 2 N–H and O–H groups in total. The highest BCUT2D eigenvalue weighted by Crippen LogP contribution is 2.16. The molecule has 0 saturated carbocycles. The molecular weight excluding hydrogens is 306 g/mol. The lowest BCUT2D eigenvalue weighted by molar-refractivity contribution is 0.0696. The minimum atomic E-state index is -3.84. The van der Waals surface area contributed by atoms with Crippen LogP contribution in [0.15, 0.2) is 29.2 Å². The van der Waals surface area contributed by atoms with Crippen molar-refractivity contribution in [3.05, 3.63) is 29.8 Å². The van der Waals surface area contributed by atoms with Gasteiger partial charge in [0.25, 0.3) is 0 Å². The molecule has 0 aromatic heterocycles. The zero-order valence-corrected chi connectivity index (χ0v) is 11.9. The monoisotopic (exact) mass is 319 g/mol. The van der Waals surface area contributed by atoms with Crippen molar-refractivity contribution in [1.29, 1.82) is 0 Å². The fraction of sp³-hybridized carbons (Fsp3) is 0.364. The van der Waals surface area contributed by atoms with Crippen molar-refractivity contribution in [1.82, 2.24) is 4.72 Å². The topological polar surface area (TPSA) is 118 Å². The summed E-state index contributed by atoms with van der Waals surface area (Å²) in [5.74, 6) is -1.39. The first-order valence-electron chi connectivity index (χ1n) is 5.76. The van der Waals surface area contributed by atoms with Crippen LogP contribution in [0.4, 0.5) is 0 Å². The van der Waals surface area contributed by atoms with Crippen LogP contribution >= 0.6 is 0 Å². The fourth-order valence-corrected chi connectivity index (χ4v) is 5.00. The molecule has 20 heavy (non-hydrogen) atoms. The number of aromatic carboxylic acids is 1. The second kappa shape index (κ2) is 5.15. The van der Waals surface area contributed by atoms with Crippen molar-refractivity contribution in [2.45, 2.75) is 17.4 Å². The van der Waals surface area contributed by atoms with E-state index in [0.717, 1.165) is 0 Å². The Morgan fingerprint density at radius 2 is 1.85 bits per heavy atom. The van der Waals surface area contributed by atoms with E-state index in [0.29, 0.717) is 0 Å². The third kappa shape index (κ3) is 3.35. The van der Waals surface area contributed by atoms with Gasteiger partial charge in [-0.2, -0.15) is 0 Å². The van der Waals surface area contributed by atoms with Crippen molar-refractivity contribution in [2.24, 2.45) is 0 Å². The lowest BCUT2D eigenvalue weighted by Gasteiger charge is -2.11. The van der Waals surface area contributed by atoms with Crippen LogP contribution in [-0.2, 0) is 19.9 Å². The smallest absolute Gasteiger partial charge is 0.335 e. The molecule has 110 valence electrons. The molecule has 1 fully saturated rings. The second-order valence-corrected chi connectivity index (χ2v) is 8.49. The van der Waals surface area contributed by atoms with Gasteiger partial charge in [0.05, 0.1) is 22.0 Å². The minimum Gasteiger partial charge on any atom is -0.478 e. The summed E-state index contributed by atoms with van der Waals surface area (Å²) in [4.78, 5) is 10.6. The maximum absolute atomic E-state index is 12.0. The van der Waals surface area contributed by atoms with E-state index < -0.39 is 31.9 Å². The van der Waals surface area contributed by atoms with Gasteiger partial charge in [0, 0.05) is 6.04 Å². The van der Waals surface area contributed by atoms with E-state index >= 15 is 0 Å². The summed E-state index contributed by atoms with van der Waals surface area (Å²) in [5, 5.41) is 8.73. The highest BCUT2D eigenvalue weighted by Gasteiger charge is 2.31. The van der Waals surface area contributed by atoms with Crippen molar-refractivity contribution in [3.8, 4) is 0 Å². The average molecular weight is 319 g/mol. The van der Waals surface area contributed by atoms with E-state index in [1.165, 1.54) is 24.3 Å². The second-order valence-electron chi connectivity index (χ2n) is 4.55. The Balaban J connectivity index is 2.16. The summed E-state index contributed by atoms with van der Waals surface area (Å²) in [7, 11) is -7.02. The van der Waals surface area contributed by atoms with Crippen LogP contribution in [0, 0.1) is 0 Å². The Kier molecular flexibility index (Phi) is 3.85. The van der Waals surface area contributed by atoms with Crippen molar-refractivity contribution >= 4 is 25.8 Å². The Labute approximate surface area is 116 Å². The first-order valence-corrected chi connectivity index (χ1v) is 9.06. The minimum absolute atomic E-state index is 0.0209. The summed E-state index contributed by atoms with van der Waals surface area (Å²) in [5.41, 5.74) is -0.0209. The number of carboxylic acid groups (broad SMARTS) is 1. The van der Waals surface area contributed by atoms with Crippen LogP contribution < -0.4 is 4.72 Å². The molecule has 0 amide bonds. The van der Waals surface area contributed by atoms with Gasteiger partial charge in [0.15, 0.2) is 9.84 Å². The molecule has 1 aromatic rings. The lowest BCUT2D eigenvalue weighted by Crippen LogP contribution is -2.35. The van der Waals surface area contributed by atoms with Crippen molar-refractivity contribution in [3.63, 3.8) is 0 Å². The van der Waals surface area contributed by atoms with E-state index in [-0.39, 0.29) is 28.4 Å². The van der Waals surface area contributed by atoms with Gasteiger partial charge in [-0.3, -0.25) is 0 Å². The van der Waals surface area contributed by atoms with Gasteiger partial charge >= 0.3 is 5.97 Å². The highest BCUT2D eigenvalue weighted by atomic mass is 32.2. The number of sulfone groups is 1. The van der Waals surface area contributed by atoms with Gasteiger partial charge in [0.2, 0.25) is 10.0 Å². The number of sulfonamides is 1. The first-order chi connectivity index (χ1) is 9.20. The molecule has 7 nitrogen and oxygen atoms in total. The van der Waals surface area contributed by atoms with Crippen molar-refractivity contribution < 1.29 is 26.7 Å². The molecule has 0 aliphatic carbocycles. The quantitative estimate of drug-likeness (QED) is 0.797. The predicted molar refractivity (Wildman–Crippen MR) is 70.8 cm³/mol. The molecule has 9 heteroatoms. The van der Waals surface area contributed by atoms with Crippen LogP contribution in [0.25, 0.3) is 0 Å². The molecule has 2 rings (SSSR count). The average Bonchev–Trinajstić information content (AvgIpc) is 2.68. The number of hydrogen-bond donors (Lipinski definition) is 2. The zero-order valence-electron chi connectivity index (χ0n) is 10.3. The maximum atomic E-state index is 12.0. The molecule has 1 aliphatic rings. The zero-order chi connectivity index (χ0) is 15.0. The van der Waals surface area contributed by atoms with Gasteiger partial charge in [-0.15, -0.1) is 0 Å². The molecule has 1 saturated heterocycles. The Morgan fingerprint density at radius 3 is 2.30 bits per heavy atom. The van der Waals surface area contributed by atoms with E-state index in [2.05, 4.69) is 4.72 Å². The first kappa shape index (κ1) is 14.9. The number of carbonyl (C=O) groups is 1. The van der Waals surface area contributed by atoms with E-state index in [1.54, 1.807) is 0 Å². The maximum Gasteiger partial charge on any atom is 0.335 e. The van der Waals surface area contributed by atoms with Gasteiger partial charge in [-0.05, 0) is 30.7 Å². The summed E-state index contributed by atoms with van der Waals surface area (Å²) in [6, 6.07) is 4.08. The summed E-state index contributed by atoms with van der Waals surface area (Å²) in [6.07, 6.45) is 0.245. The molecule has 1 aliphatic heterocycles. The largest absolute Gasteiger partial charge is 0.478 e. The molecule has 1 atom stereocenters. The molecule has 1 unspecified atom stereocenters. The van der Waals surface area contributed by atoms with Crippen LogP contribution in [-0.4, -0.2) is 45.5 Å². The third-order valence-corrected chi connectivity index (χ3v) is 6.27. The Bertz CT molecular complexity index is 721. The molecular formula is C11H13NO6S2. The van der Waals surface area contributed by atoms with Gasteiger partial charge < -0.3 is 5.11 Å². The Morgan fingerprint density at radius 1 is 1.25 bits per heavy atom. The molecule has 1 aromatic carbocycles. The third-order valence-electron chi connectivity index (χ3n) is 2.97. The van der Waals surface area contributed by atoms with E-state index in [9.17, 15) is 21.6 Å². The number of benzene rings is 1. The van der Waals surface area contributed by atoms with E-state index in [4.69, 9.17) is 5.11 Å². The number of hydrogen-bond acceptors (Lipinski definition) is 5. The Hall–Kier alpha value is -1.45. The number of rotatable bonds is 4. The van der Waals surface area contributed by atoms with Crippen LogP contribution in [0.2, 0.25) is 0 Å². The van der Waals surface area contributed by atoms with Crippen LogP contribution in [0.1, 0.15) is 16.8 Å². The molecule has 0 radical (unpaired) electrons. The molecule has 0 spiro atoms. The fourth-order valence-electron chi connectivity index (χ4n) is 1.95. The van der Waals surface area contributed by atoms with Crippen molar-refractivity contribution in [2.75, 3.05) is 11.5 Å². The molecule has 1 heterocycles. The lowest BCUT2D eigenvalue weighted by atomic mass is 10.2. The summed E-state index contributed by atoms with van der Waals surface area (Å²) >= 11 is 0. The standard InChI is InChI=1S/C11H13NO6S2/c13-11(14)8-1-3-10(4-2-8)20(17,18)12-9-5-6-19(15,16)7-9/h1-4,9,12H,5-7H2,(H,13,14). The number of carboxylic acids is 1. The van der Waals surface area contributed by atoms with E-state index in [1.807, 2.05) is 0 Å². The van der Waals surface area contributed by atoms with Gasteiger partial charge in [-0.1, -0.05) is 0 Å². The summed E-state index contributed by atoms with van der Waals surface area (Å²) < 4.78 is 48.9. The normalized spacial score (nSPS) is 21.7. The van der Waals surface area contributed by atoms with Gasteiger partial charge in [0.1, 0.15) is 0 Å². The molecule has 0 bridgehead atoms. The van der Waals surface area contributed by atoms with Crippen LogP contribution in [0.5, 0.6) is 0 Å². The SMILES string of the molecule is O=C(O)c1ccc(S(=O)(=O)NC2CCS(=O)(=O)C2)cc1. The predicted octanol–water partition coefficient (Wildman–Crippen LogP) is -0.150. The van der Waals surface area contributed by atoms with Gasteiger partial charge in [-0.25, -0.2) is 26.4 Å².